The summed E-state index contributed by atoms with van der Waals surface area (Å²) in [6.07, 6.45) is -0.0827. The average Bonchev–Trinajstić information content (AvgIpc) is 2.92. The first-order chi connectivity index (χ1) is 10.0. The van der Waals surface area contributed by atoms with E-state index >= 15 is 0 Å². The van der Waals surface area contributed by atoms with Crippen LogP contribution in [0.4, 0.5) is 5.69 Å². The fraction of sp³-hybridized carbons (Fsp3) is 0.357. The van der Waals surface area contributed by atoms with Crippen LogP contribution in [0.25, 0.3) is 0 Å². The van der Waals surface area contributed by atoms with Gasteiger partial charge in [0.25, 0.3) is 11.8 Å². The quantitative estimate of drug-likeness (QED) is 0.655. The Morgan fingerprint density at radius 1 is 1.33 bits per heavy atom. The topological polar surface area (TPSA) is 81.9 Å². The number of morpholine rings is 1. The molecule has 2 N–H and O–H groups in total. The van der Waals surface area contributed by atoms with Crippen LogP contribution in [0.3, 0.4) is 0 Å². The van der Waals surface area contributed by atoms with Gasteiger partial charge in [0.2, 0.25) is 0 Å². The Balaban J connectivity index is 2.17. The normalized spacial score (nSPS) is 24.3. The summed E-state index contributed by atoms with van der Waals surface area (Å²) in [7, 11) is 1.46. The van der Waals surface area contributed by atoms with Gasteiger partial charge in [-0.2, -0.15) is 0 Å². The molecule has 110 valence electrons. The summed E-state index contributed by atoms with van der Waals surface area (Å²) in [6, 6.07) is 5.04. The summed E-state index contributed by atoms with van der Waals surface area (Å²) in [4.78, 5) is 26.2. The molecule has 2 bridgehead atoms. The van der Waals surface area contributed by atoms with Gasteiger partial charge in [-0.3, -0.25) is 9.59 Å². The van der Waals surface area contributed by atoms with Gasteiger partial charge in [0.15, 0.2) is 0 Å². The second-order valence-electron chi connectivity index (χ2n) is 4.92. The van der Waals surface area contributed by atoms with E-state index in [1.807, 2.05) is 0 Å². The van der Waals surface area contributed by atoms with Crippen molar-refractivity contribution in [2.45, 2.75) is 25.0 Å². The molecule has 3 rings (SSSR count). The number of fused-ring (bicyclic) bond motifs is 2. The maximum Gasteiger partial charge on any atom is 0.263 e. The summed E-state index contributed by atoms with van der Waals surface area (Å²) in [5.41, 5.74) is 6.46. The third-order valence-corrected chi connectivity index (χ3v) is 3.94. The molecule has 7 heteroatoms. The molecule has 0 aromatic heterocycles. The highest BCUT2D eigenvalue weighted by atomic mass is 32.1. The molecule has 2 unspecified atom stereocenters. The van der Waals surface area contributed by atoms with Crippen LogP contribution in [-0.4, -0.2) is 36.1 Å². The molecule has 2 atom stereocenters. The Morgan fingerprint density at radius 3 is 2.48 bits per heavy atom. The molecular formula is C14H14N2O4S. The van der Waals surface area contributed by atoms with E-state index in [1.54, 1.807) is 18.2 Å². The van der Waals surface area contributed by atoms with Gasteiger partial charge in [-0.15, -0.1) is 0 Å². The zero-order valence-corrected chi connectivity index (χ0v) is 12.2. The van der Waals surface area contributed by atoms with Crippen LogP contribution in [0, 0.1) is 0 Å². The lowest BCUT2D eigenvalue weighted by molar-refractivity contribution is -0.146. The zero-order valence-electron chi connectivity index (χ0n) is 11.4. The number of hydrogen-bond donors (Lipinski definition) is 1. The van der Waals surface area contributed by atoms with Gasteiger partial charge in [0.1, 0.15) is 28.6 Å². The van der Waals surface area contributed by atoms with Crippen LogP contribution >= 0.6 is 12.2 Å². The summed E-state index contributed by atoms with van der Waals surface area (Å²) in [5.74, 6) is -0.408. The van der Waals surface area contributed by atoms with Gasteiger partial charge in [0.05, 0.1) is 7.11 Å². The molecule has 2 aliphatic rings. The molecule has 0 saturated carbocycles. The monoisotopic (exact) mass is 306 g/mol. The number of para-hydroxylation sites is 1. The summed E-state index contributed by atoms with van der Waals surface area (Å²) >= 11 is 5.02. The summed E-state index contributed by atoms with van der Waals surface area (Å²) in [5, 5.41) is 0. The van der Waals surface area contributed by atoms with Crippen molar-refractivity contribution >= 4 is 34.7 Å². The molecule has 1 aromatic rings. The van der Waals surface area contributed by atoms with Gasteiger partial charge in [-0.1, -0.05) is 18.3 Å². The van der Waals surface area contributed by atoms with Crippen molar-refractivity contribution in [1.29, 1.82) is 0 Å². The predicted octanol–water partition coefficient (Wildman–Crippen LogP) is 0.750. The summed E-state index contributed by atoms with van der Waals surface area (Å²) in [6.45, 7) is 0. The van der Waals surface area contributed by atoms with Gasteiger partial charge in [-0.25, -0.2) is 4.90 Å². The highest BCUT2D eigenvalue weighted by Crippen LogP contribution is 2.38. The Labute approximate surface area is 126 Å². The number of carbonyl (C=O) groups is 2. The van der Waals surface area contributed by atoms with Gasteiger partial charge < -0.3 is 15.2 Å². The van der Waals surface area contributed by atoms with E-state index in [0.717, 1.165) is 4.90 Å². The van der Waals surface area contributed by atoms with Crippen molar-refractivity contribution in [3.05, 3.63) is 23.8 Å². The van der Waals surface area contributed by atoms with Crippen molar-refractivity contribution in [1.82, 2.24) is 0 Å². The molecule has 2 aliphatic heterocycles. The first-order valence-corrected chi connectivity index (χ1v) is 6.95. The lowest BCUT2D eigenvalue weighted by Crippen LogP contribution is -2.52. The van der Waals surface area contributed by atoms with Gasteiger partial charge >= 0.3 is 0 Å². The number of anilines is 1. The molecule has 0 aliphatic carbocycles. The van der Waals surface area contributed by atoms with E-state index in [4.69, 9.17) is 27.4 Å². The molecular weight excluding hydrogens is 292 g/mol. The van der Waals surface area contributed by atoms with E-state index < -0.39 is 24.0 Å². The first-order valence-electron chi connectivity index (χ1n) is 6.54. The number of imide groups is 1. The number of hydrogen-bond acceptors (Lipinski definition) is 5. The van der Waals surface area contributed by atoms with Crippen LogP contribution in [0.15, 0.2) is 18.2 Å². The highest BCUT2D eigenvalue weighted by Gasteiger charge is 2.48. The largest absolute Gasteiger partial charge is 0.495 e. The molecule has 6 nitrogen and oxygen atoms in total. The summed E-state index contributed by atoms with van der Waals surface area (Å²) < 4.78 is 10.7. The van der Waals surface area contributed by atoms with Gasteiger partial charge in [0, 0.05) is 5.56 Å². The molecule has 1 aromatic carbocycles. The minimum Gasteiger partial charge on any atom is -0.495 e. The Bertz CT molecular complexity index is 624. The smallest absolute Gasteiger partial charge is 0.263 e. The van der Waals surface area contributed by atoms with Crippen LogP contribution in [-0.2, 0) is 14.3 Å². The number of methoxy groups -OCH3 is 1. The minimum atomic E-state index is -0.586. The van der Waals surface area contributed by atoms with Crippen LogP contribution in [0.2, 0.25) is 0 Å². The van der Waals surface area contributed by atoms with Crippen LogP contribution < -0.4 is 15.4 Å². The molecule has 0 spiro atoms. The number of benzene rings is 1. The fourth-order valence-corrected chi connectivity index (χ4v) is 2.90. The van der Waals surface area contributed by atoms with Crippen LogP contribution in [0.5, 0.6) is 5.75 Å². The number of nitrogens with zero attached hydrogens (tertiary/aromatic N) is 1. The maximum atomic E-state index is 12.5. The molecule has 0 radical (unpaired) electrons. The minimum absolute atomic E-state index is 0.100. The molecule has 21 heavy (non-hydrogen) atoms. The Morgan fingerprint density at radius 2 is 1.95 bits per heavy atom. The highest BCUT2D eigenvalue weighted by molar-refractivity contribution is 7.80. The van der Waals surface area contributed by atoms with E-state index in [9.17, 15) is 9.59 Å². The van der Waals surface area contributed by atoms with Crippen molar-refractivity contribution in [3.63, 3.8) is 0 Å². The second-order valence-corrected chi connectivity index (χ2v) is 5.36. The van der Waals surface area contributed by atoms with E-state index in [-0.39, 0.29) is 4.99 Å². The number of nitrogens with two attached hydrogens (primary N) is 1. The van der Waals surface area contributed by atoms with Crippen molar-refractivity contribution in [3.8, 4) is 5.75 Å². The zero-order chi connectivity index (χ0) is 15.1. The van der Waals surface area contributed by atoms with E-state index in [0.29, 0.717) is 29.8 Å². The van der Waals surface area contributed by atoms with E-state index in [2.05, 4.69) is 0 Å². The third kappa shape index (κ3) is 2.09. The predicted molar refractivity (Wildman–Crippen MR) is 79.3 cm³/mol. The van der Waals surface area contributed by atoms with Gasteiger partial charge in [-0.05, 0) is 25.0 Å². The fourth-order valence-electron chi connectivity index (χ4n) is 2.73. The maximum absolute atomic E-state index is 12.5. The van der Waals surface area contributed by atoms with Crippen molar-refractivity contribution in [2.24, 2.45) is 5.73 Å². The Kier molecular flexibility index (Phi) is 3.38. The average molecular weight is 306 g/mol. The molecule has 2 heterocycles. The third-order valence-electron chi connectivity index (χ3n) is 3.72. The standard InChI is InChI=1S/C14H14N2O4S/c1-19-8-4-2-3-7(12(15)21)11(8)16-13(17)9-5-6-10(20-9)14(16)18/h2-4,9-10H,5-6H2,1H3,(H2,15,21). The lowest BCUT2D eigenvalue weighted by atomic mass is 10.1. The molecule has 2 amide bonds. The lowest BCUT2D eigenvalue weighted by Gasteiger charge is -2.31. The number of carbonyl (C=O) groups excluding carboxylic acids is 2. The molecule has 2 fully saturated rings. The number of ether oxygens (including phenoxy) is 2. The number of thiocarbonyl (C=S) groups is 1. The SMILES string of the molecule is COc1cccc(C(N)=S)c1N1C(=O)C2CCC(O2)C1=O. The number of rotatable bonds is 3. The second kappa shape index (κ2) is 5.09. The van der Waals surface area contributed by atoms with Crippen molar-refractivity contribution < 1.29 is 19.1 Å². The first kappa shape index (κ1) is 14.0. The van der Waals surface area contributed by atoms with Crippen LogP contribution in [0.1, 0.15) is 18.4 Å². The molecule has 2 saturated heterocycles. The number of amides is 2. The van der Waals surface area contributed by atoms with Crippen molar-refractivity contribution in [2.75, 3.05) is 12.0 Å². The van der Waals surface area contributed by atoms with E-state index in [1.165, 1.54) is 7.11 Å². The Hall–Kier alpha value is -1.99.